The van der Waals surface area contributed by atoms with Crippen LogP contribution >= 0.6 is 11.6 Å². The molecule has 0 aliphatic carbocycles. The minimum absolute atomic E-state index is 0.352. The van der Waals surface area contributed by atoms with Crippen molar-refractivity contribution in [2.45, 2.75) is 19.4 Å². The summed E-state index contributed by atoms with van der Waals surface area (Å²) >= 11 is 5.80. The minimum Gasteiger partial charge on any atom is -0.438 e. The summed E-state index contributed by atoms with van der Waals surface area (Å²) in [6, 6.07) is 5.19. The molecule has 74 valence electrons. The normalized spacial score (nSPS) is 13.4. The Balaban J connectivity index is 2.51. The van der Waals surface area contributed by atoms with Gasteiger partial charge in [0.1, 0.15) is 11.6 Å². The highest BCUT2D eigenvalue weighted by atomic mass is 35.5. The third kappa shape index (κ3) is 1.61. The fraction of sp³-hybridized carbons (Fsp3) is 0.300. The zero-order chi connectivity index (χ0) is 10.1. The number of nitrogens with zero attached hydrogens (tertiary/aromatic N) is 1. The Hall–Kier alpha value is -1.06. The molecule has 1 atom stereocenters. The standard InChI is InChI=1S/C10H10ClNO2/c1-2-8(13)10-12-7-5-6(11)3-4-9(7)14-10/h3-5,8,13H,2H2,1H3. The summed E-state index contributed by atoms with van der Waals surface area (Å²) in [6.45, 7) is 1.87. The topological polar surface area (TPSA) is 46.3 Å². The van der Waals surface area contributed by atoms with E-state index in [2.05, 4.69) is 4.98 Å². The molecule has 0 amide bonds. The zero-order valence-corrected chi connectivity index (χ0v) is 8.45. The smallest absolute Gasteiger partial charge is 0.224 e. The molecule has 0 spiro atoms. The van der Waals surface area contributed by atoms with Crippen LogP contribution in [0.3, 0.4) is 0 Å². The number of aliphatic hydroxyl groups is 1. The van der Waals surface area contributed by atoms with Crippen molar-refractivity contribution in [1.29, 1.82) is 0 Å². The summed E-state index contributed by atoms with van der Waals surface area (Å²) in [6.07, 6.45) is -0.0539. The van der Waals surface area contributed by atoms with Crippen LogP contribution in [-0.2, 0) is 0 Å². The summed E-state index contributed by atoms with van der Waals surface area (Å²) in [7, 11) is 0. The Morgan fingerprint density at radius 2 is 2.36 bits per heavy atom. The fourth-order valence-electron chi connectivity index (χ4n) is 1.24. The lowest BCUT2D eigenvalue weighted by molar-refractivity contribution is 0.142. The molecule has 2 rings (SSSR count). The van der Waals surface area contributed by atoms with Crippen LogP contribution in [0.25, 0.3) is 11.1 Å². The second-order valence-electron chi connectivity index (χ2n) is 3.09. The second-order valence-corrected chi connectivity index (χ2v) is 3.52. The first kappa shape index (κ1) is 9.49. The molecule has 0 radical (unpaired) electrons. The molecule has 0 saturated carbocycles. The summed E-state index contributed by atoms with van der Waals surface area (Å²) in [4.78, 5) is 4.14. The molecular weight excluding hydrogens is 202 g/mol. The predicted molar refractivity (Wildman–Crippen MR) is 54.3 cm³/mol. The fourth-order valence-corrected chi connectivity index (χ4v) is 1.40. The number of fused-ring (bicyclic) bond motifs is 1. The number of aliphatic hydroxyl groups excluding tert-OH is 1. The van der Waals surface area contributed by atoms with Crippen LogP contribution < -0.4 is 0 Å². The van der Waals surface area contributed by atoms with Crippen LogP contribution in [0.1, 0.15) is 25.3 Å². The number of oxazole rings is 1. The van der Waals surface area contributed by atoms with Gasteiger partial charge in [0.15, 0.2) is 5.58 Å². The van der Waals surface area contributed by atoms with E-state index in [9.17, 15) is 5.11 Å². The summed E-state index contributed by atoms with van der Waals surface area (Å²) < 4.78 is 5.36. The molecule has 1 aromatic carbocycles. The lowest BCUT2D eigenvalue weighted by atomic mass is 10.3. The van der Waals surface area contributed by atoms with Crippen LogP contribution in [-0.4, -0.2) is 10.1 Å². The first-order valence-corrected chi connectivity index (χ1v) is 4.82. The lowest BCUT2D eigenvalue weighted by Crippen LogP contribution is -1.94. The molecule has 0 aliphatic rings. The molecule has 0 fully saturated rings. The monoisotopic (exact) mass is 211 g/mol. The van der Waals surface area contributed by atoms with Gasteiger partial charge in [-0.1, -0.05) is 18.5 Å². The van der Waals surface area contributed by atoms with Gasteiger partial charge in [-0.15, -0.1) is 0 Å². The molecule has 1 N–H and O–H groups in total. The number of hydrogen-bond acceptors (Lipinski definition) is 3. The molecule has 2 aromatic rings. The van der Waals surface area contributed by atoms with Crippen molar-refractivity contribution >= 4 is 22.7 Å². The Labute approximate surface area is 86.3 Å². The van der Waals surface area contributed by atoms with Crippen molar-refractivity contribution in [2.75, 3.05) is 0 Å². The number of rotatable bonds is 2. The summed E-state index contributed by atoms with van der Waals surface area (Å²) in [5.74, 6) is 0.352. The van der Waals surface area contributed by atoms with E-state index in [0.717, 1.165) is 0 Å². The van der Waals surface area contributed by atoms with Crippen LogP contribution in [0.5, 0.6) is 0 Å². The highest BCUT2D eigenvalue weighted by molar-refractivity contribution is 6.31. The van der Waals surface area contributed by atoms with Crippen LogP contribution in [0.15, 0.2) is 22.6 Å². The SMILES string of the molecule is CCC(O)c1nc2cc(Cl)ccc2o1. The summed E-state index contributed by atoms with van der Waals surface area (Å²) in [5, 5.41) is 10.1. The van der Waals surface area contributed by atoms with Gasteiger partial charge in [-0.25, -0.2) is 4.98 Å². The van der Waals surface area contributed by atoms with Gasteiger partial charge >= 0.3 is 0 Å². The highest BCUT2D eigenvalue weighted by Crippen LogP contribution is 2.24. The van der Waals surface area contributed by atoms with Gasteiger partial charge in [0.05, 0.1) is 0 Å². The van der Waals surface area contributed by atoms with Crippen molar-refractivity contribution in [2.24, 2.45) is 0 Å². The molecule has 4 heteroatoms. The number of benzene rings is 1. The van der Waals surface area contributed by atoms with E-state index < -0.39 is 6.10 Å². The molecule has 0 aliphatic heterocycles. The average molecular weight is 212 g/mol. The van der Waals surface area contributed by atoms with E-state index in [4.69, 9.17) is 16.0 Å². The summed E-state index contributed by atoms with van der Waals surface area (Å²) in [5.41, 5.74) is 1.33. The Bertz CT molecular complexity index is 452. The molecule has 0 saturated heterocycles. The van der Waals surface area contributed by atoms with Gasteiger partial charge in [0.2, 0.25) is 5.89 Å². The third-order valence-electron chi connectivity index (χ3n) is 2.04. The molecule has 0 bridgehead atoms. The lowest BCUT2D eigenvalue weighted by Gasteiger charge is -1.99. The Kier molecular flexibility index (Phi) is 2.44. The van der Waals surface area contributed by atoms with E-state index in [1.165, 1.54) is 0 Å². The van der Waals surface area contributed by atoms with Gasteiger partial charge in [-0.05, 0) is 24.6 Å². The third-order valence-corrected chi connectivity index (χ3v) is 2.27. The van der Waals surface area contributed by atoms with Crippen molar-refractivity contribution in [3.05, 3.63) is 29.1 Å². The largest absolute Gasteiger partial charge is 0.438 e. The maximum absolute atomic E-state index is 9.51. The zero-order valence-electron chi connectivity index (χ0n) is 7.70. The Morgan fingerprint density at radius 3 is 3.07 bits per heavy atom. The van der Waals surface area contributed by atoms with Gasteiger partial charge < -0.3 is 9.52 Å². The molecule has 1 unspecified atom stereocenters. The number of aromatic nitrogens is 1. The van der Waals surface area contributed by atoms with E-state index in [0.29, 0.717) is 28.4 Å². The van der Waals surface area contributed by atoms with Crippen LogP contribution in [0, 0.1) is 0 Å². The van der Waals surface area contributed by atoms with Crippen LogP contribution in [0.4, 0.5) is 0 Å². The number of halogens is 1. The van der Waals surface area contributed by atoms with Crippen molar-refractivity contribution in [1.82, 2.24) is 4.98 Å². The maximum Gasteiger partial charge on any atom is 0.224 e. The van der Waals surface area contributed by atoms with E-state index >= 15 is 0 Å². The minimum atomic E-state index is -0.638. The second kappa shape index (κ2) is 3.59. The Morgan fingerprint density at radius 1 is 1.57 bits per heavy atom. The van der Waals surface area contributed by atoms with Crippen LogP contribution in [0.2, 0.25) is 5.02 Å². The highest BCUT2D eigenvalue weighted by Gasteiger charge is 2.12. The first-order chi connectivity index (χ1) is 6.70. The molecule has 1 heterocycles. The van der Waals surface area contributed by atoms with E-state index in [1.54, 1.807) is 18.2 Å². The first-order valence-electron chi connectivity index (χ1n) is 4.44. The van der Waals surface area contributed by atoms with Crippen molar-refractivity contribution < 1.29 is 9.52 Å². The molecule has 3 nitrogen and oxygen atoms in total. The predicted octanol–water partition coefficient (Wildman–Crippen LogP) is 2.92. The van der Waals surface area contributed by atoms with Gasteiger partial charge in [-0.2, -0.15) is 0 Å². The van der Waals surface area contributed by atoms with Gasteiger partial charge in [0.25, 0.3) is 0 Å². The van der Waals surface area contributed by atoms with Gasteiger partial charge in [0, 0.05) is 5.02 Å². The maximum atomic E-state index is 9.51. The molecular formula is C10H10ClNO2. The quantitative estimate of drug-likeness (QED) is 0.831. The number of hydrogen-bond donors (Lipinski definition) is 1. The average Bonchev–Trinajstić information content (AvgIpc) is 2.59. The molecule has 1 aromatic heterocycles. The van der Waals surface area contributed by atoms with Crippen molar-refractivity contribution in [3.8, 4) is 0 Å². The molecule has 14 heavy (non-hydrogen) atoms. The van der Waals surface area contributed by atoms with Crippen molar-refractivity contribution in [3.63, 3.8) is 0 Å². The van der Waals surface area contributed by atoms with E-state index in [-0.39, 0.29) is 0 Å². The van der Waals surface area contributed by atoms with Gasteiger partial charge in [-0.3, -0.25) is 0 Å². The van der Waals surface area contributed by atoms with E-state index in [1.807, 2.05) is 6.92 Å².